The highest BCUT2D eigenvalue weighted by Gasteiger charge is 2.32. The van der Waals surface area contributed by atoms with Gasteiger partial charge in [0.05, 0.1) is 23.1 Å². The molecule has 1 fully saturated rings. The Morgan fingerprint density at radius 2 is 2.09 bits per heavy atom. The van der Waals surface area contributed by atoms with Gasteiger partial charge in [-0.25, -0.2) is 0 Å². The molecule has 0 bridgehead atoms. The zero-order chi connectivity index (χ0) is 16.6. The first-order valence-corrected chi connectivity index (χ1v) is 8.88. The Balaban J connectivity index is 1.67. The van der Waals surface area contributed by atoms with Crippen LogP contribution in [0.2, 0.25) is 5.02 Å². The van der Waals surface area contributed by atoms with Crippen LogP contribution in [0, 0.1) is 0 Å². The van der Waals surface area contributed by atoms with Crippen molar-refractivity contribution in [3.05, 3.63) is 23.2 Å². The van der Waals surface area contributed by atoms with Crippen molar-refractivity contribution in [3.8, 4) is 0 Å². The van der Waals surface area contributed by atoms with Crippen LogP contribution < -0.4 is 5.32 Å². The smallest absolute Gasteiger partial charge is 0.238 e. The lowest BCUT2D eigenvalue weighted by Gasteiger charge is -2.36. The van der Waals surface area contributed by atoms with Gasteiger partial charge in [0.1, 0.15) is 0 Å². The summed E-state index contributed by atoms with van der Waals surface area (Å²) in [6.45, 7) is 5.07. The lowest BCUT2D eigenvalue weighted by molar-refractivity contribution is -0.143. The highest BCUT2D eigenvalue weighted by atomic mass is 35.5. The second-order valence-corrected chi connectivity index (χ2v) is 7.68. The van der Waals surface area contributed by atoms with E-state index in [0.717, 1.165) is 4.90 Å². The van der Waals surface area contributed by atoms with Gasteiger partial charge in [-0.05, 0) is 32.0 Å². The van der Waals surface area contributed by atoms with Crippen molar-refractivity contribution in [1.82, 2.24) is 4.90 Å². The molecule has 0 aromatic heterocycles. The molecule has 1 N–H and O–H groups in total. The molecule has 3 rings (SSSR count). The zero-order valence-electron chi connectivity index (χ0n) is 13.0. The monoisotopic (exact) mass is 354 g/mol. The van der Waals surface area contributed by atoms with Crippen molar-refractivity contribution in [2.24, 2.45) is 0 Å². The third-order valence-electron chi connectivity index (χ3n) is 3.89. The molecule has 1 aromatic carbocycles. The average molecular weight is 355 g/mol. The van der Waals surface area contributed by atoms with E-state index in [1.807, 2.05) is 19.9 Å². The number of fused-ring (bicyclic) bond motifs is 1. The molecular weight excluding hydrogens is 336 g/mol. The number of hydrogen-bond donors (Lipinski definition) is 1. The molecule has 2 aliphatic rings. The van der Waals surface area contributed by atoms with Gasteiger partial charge in [-0.1, -0.05) is 11.6 Å². The summed E-state index contributed by atoms with van der Waals surface area (Å²) >= 11 is 7.36. The van der Waals surface area contributed by atoms with Gasteiger partial charge in [0.15, 0.2) is 0 Å². The number of rotatable bonds is 2. The first kappa shape index (κ1) is 16.6. The fourth-order valence-electron chi connectivity index (χ4n) is 2.93. The number of carbonyl (C=O) groups is 2. The van der Waals surface area contributed by atoms with Crippen LogP contribution in [0.25, 0.3) is 0 Å². The minimum atomic E-state index is -0.412. The van der Waals surface area contributed by atoms with Crippen LogP contribution in [0.5, 0.6) is 0 Å². The quantitative estimate of drug-likeness (QED) is 0.887. The number of morpholine rings is 1. The molecule has 2 heterocycles. The van der Waals surface area contributed by atoms with Crippen molar-refractivity contribution in [2.75, 3.05) is 18.4 Å². The fraction of sp³-hybridized carbons (Fsp3) is 0.500. The van der Waals surface area contributed by atoms with Crippen LogP contribution in [-0.4, -0.2) is 47.3 Å². The van der Waals surface area contributed by atoms with E-state index in [-0.39, 0.29) is 30.4 Å². The minimum Gasteiger partial charge on any atom is -0.372 e. The third-order valence-corrected chi connectivity index (χ3v) is 5.40. The summed E-state index contributed by atoms with van der Waals surface area (Å²) < 4.78 is 5.64. The summed E-state index contributed by atoms with van der Waals surface area (Å²) in [6, 6.07) is 5.39. The van der Waals surface area contributed by atoms with Gasteiger partial charge in [0, 0.05) is 29.4 Å². The molecule has 7 heteroatoms. The topological polar surface area (TPSA) is 58.6 Å². The molecular formula is C16H19ClN2O3S. The summed E-state index contributed by atoms with van der Waals surface area (Å²) in [5.41, 5.74) is 0.713. The number of carbonyl (C=O) groups excluding carboxylic acids is 2. The van der Waals surface area contributed by atoms with Crippen LogP contribution in [0.3, 0.4) is 0 Å². The maximum Gasteiger partial charge on any atom is 0.238 e. The number of nitrogens with one attached hydrogen (secondary N) is 1. The Hall–Kier alpha value is -1.24. The minimum absolute atomic E-state index is 0.00272. The van der Waals surface area contributed by atoms with E-state index in [1.165, 1.54) is 11.8 Å². The van der Waals surface area contributed by atoms with E-state index >= 15 is 0 Å². The Labute approximate surface area is 144 Å². The number of hydrogen-bond acceptors (Lipinski definition) is 4. The summed E-state index contributed by atoms with van der Waals surface area (Å²) in [5, 5.41) is 3.00. The van der Waals surface area contributed by atoms with Crippen molar-refractivity contribution in [2.45, 2.75) is 42.6 Å². The van der Waals surface area contributed by atoms with Crippen LogP contribution in [0.15, 0.2) is 23.1 Å². The number of nitrogens with zero attached hydrogens (tertiary/aromatic N) is 1. The lowest BCUT2D eigenvalue weighted by Crippen LogP contribution is -2.49. The van der Waals surface area contributed by atoms with E-state index in [4.69, 9.17) is 16.3 Å². The predicted octanol–water partition coefficient (Wildman–Crippen LogP) is 2.78. The summed E-state index contributed by atoms with van der Waals surface area (Å²) in [7, 11) is 0. The number of anilines is 1. The molecule has 124 valence electrons. The first-order chi connectivity index (χ1) is 10.9. The van der Waals surface area contributed by atoms with E-state index in [0.29, 0.717) is 23.8 Å². The molecule has 3 unspecified atom stereocenters. The molecule has 5 nitrogen and oxygen atoms in total. The van der Waals surface area contributed by atoms with Gasteiger partial charge in [-0.2, -0.15) is 0 Å². The van der Waals surface area contributed by atoms with Crippen molar-refractivity contribution < 1.29 is 14.3 Å². The van der Waals surface area contributed by atoms with Crippen molar-refractivity contribution in [3.63, 3.8) is 0 Å². The SMILES string of the molecule is CC1CN(C(=O)CC2Sc3ccc(Cl)cc3NC2=O)CC(C)O1. The van der Waals surface area contributed by atoms with E-state index in [1.54, 1.807) is 17.0 Å². The Kier molecular flexibility index (Phi) is 4.85. The van der Waals surface area contributed by atoms with Crippen LogP contribution in [-0.2, 0) is 14.3 Å². The van der Waals surface area contributed by atoms with Crippen LogP contribution in [0.4, 0.5) is 5.69 Å². The number of halogens is 1. The lowest BCUT2D eigenvalue weighted by atomic mass is 10.2. The second kappa shape index (κ2) is 6.71. The third kappa shape index (κ3) is 3.82. The Bertz CT molecular complexity index is 630. The number of ether oxygens (including phenoxy) is 1. The zero-order valence-corrected chi connectivity index (χ0v) is 14.6. The molecule has 0 spiro atoms. The van der Waals surface area contributed by atoms with E-state index < -0.39 is 5.25 Å². The fourth-order valence-corrected chi connectivity index (χ4v) is 4.18. The summed E-state index contributed by atoms with van der Waals surface area (Å²) in [6.07, 6.45) is 0.245. The Morgan fingerprint density at radius 1 is 1.39 bits per heavy atom. The maximum atomic E-state index is 12.5. The number of amides is 2. The van der Waals surface area contributed by atoms with Crippen LogP contribution in [0.1, 0.15) is 20.3 Å². The second-order valence-electron chi connectivity index (χ2n) is 6.00. The molecule has 0 radical (unpaired) electrons. The molecule has 3 atom stereocenters. The maximum absolute atomic E-state index is 12.5. The number of benzene rings is 1. The molecule has 23 heavy (non-hydrogen) atoms. The summed E-state index contributed by atoms with van der Waals surface area (Å²) in [4.78, 5) is 27.5. The normalized spacial score (nSPS) is 27.3. The van der Waals surface area contributed by atoms with Crippen molar-refractivity contribution >= 4 is 40.9 Å². The van der Waals surface area contributed by atoms with Gasteiger partial charge < -0.3 is 15.0 Å². The molecule has 0 aliphatic carbocycles. The molecule has 2 amide bonds. The van der Waals surface area contributed by atoms with Gasteiger partial charge in [0.2, 0.25) is 11.8 Å². The van der Waals surface area contributed by atoms with E-state index in [2.05, 4.69) is 5.32 Å². The predicted molar refractivity (Wildman–Crippen MR) is 90.9 cm³/mol. The summed E-state index contributed by atoms with van der Waals surface area (Å²) in [5.74, 6) is -0.149. The van der Waals surface area contributed by atoms with E-state index in [9.17, 15) is 9.59 Å². The van der Waals surface area contributed by atoms with Gasteiger partial charge >= 0.3 is 0 Å². The molecule has 0 saturated carbocycles. The van der Waals surface area contributed by atoms with Crippen LogP contribution >= 0.6 is 23.4 Å². The molecule has 2 aliphatic heterocycles. The highest BCUT2D eigenvalue weighted by Crippen LogP contribution is 2.38. The van der Waals surface area contributed by atoms with Gasteiger partial charge in [-0.15, -0.1) is 11.8 Å². The first-order valence-electron chi connectivity index (χ1n) is 7.62. The van der Waals surface area contributed by atoms with Gasteiger partial charge in [-0.3, -0.25) is 9.59 Å². The Morgan fingerprint density at radius 3 is 2.78 bits per heavy atom. The van der Waals surface area contributed by atoms with Gasteiger partial charge in [0.25, 0.3) is 0 Å². The molecule has 1 saturated heterocycles. The number of thioether (sulfide) groups is 1. The molecule has 1 aromatic rings. The highest BCUT2D eigenvalue weighted by molar-refractivity contribution is 8.01. The average Bonchev–Trinajstić information content (AvgIpc) is 2.47. The largest absolute Gasteiger partial charge is 0.372 e. The van der Waals surface area contributed by atoms with Crippen molar-refractivity contribution in [1.29, 1.82) is 0 Å². The standard InChI is InChI=1S/C16H19ClN2O3S/c1-9-7-19(8-10(2)22-9)15(20)6-14-16(21)18-12-5-11(17)3-4-13(12)23-14/h3-5,9-10,14H,6-8H2,1-2H3,(H,18,21).